The molecule has 0 aliphatic rings. The summed E-state index contributed by atoms with van der Waals surface area (Å²) in [5.74, 6) is -1.38. The average molecular weight is 249 g/mol. The van der Waals surface area contributed by atoms with E-state index < -0.39 is 17.7 Å². The molecule has 0 bridgehead atoms. The predicted octanol–water partition coefficient (Wildman–Crippen LogP) is 3.06. The molecule has 0 radical (unpaired) electrons. The molecular formula is C14H13F2NO. The van der Waals surface area contributed by atoms with Gasteiger partial charge in [-0.05, 0) is 31.0 Å². The van der Waals surface area contributed by atoms with Crippen LogP contribution in [0.2, 0.25) is 0 Å². The number of aliphatic hydroxyl groups is 1. The standard InChI is InChI=1S/C14H13F2NO/c1-8-3-10(7-17-6-8)14(18)11-4-9(2)12(15)5-13(11)16/h3-7,14,18H,1-2H3. The highest BCUT2D eigenvalue weighted by Gasteiger charge is 2.17. The first-order valence-corrected chi connectivity index (χ1v) is 5.54. The maximum Gasteiger partial charge on any atom is 0.132 e. The van der Waals surface area contributed by atoms with Crippen LogP contribution < -0.4 is 0 Å². The molecule has 1 atom stereocenters. The van der Waals surface area contributed by atoms with Gasteiger partial charge in [-0.25, -0.2) is 8.78 Å². The smallest absolute Gasteiger partial charge is 0.132 e. The van der Waals surface area contributed by atoms with Crippen LogP contribution in [-0.4, -0.2) is 10.1 Å². The summed E-state index contributed by atoms with van der Waals surface area (Å²) in [5, 5.41) is 10.1. The number of aromatic nitrogens is 1. The number of aliphatic hydroxyl groups excluding tert-OH is 1. The lowest BCUT2D eigenvalue weighted by Crippen LogP contribution is -2.05. The van der Waals surface area contributed by atoms with Crippen LogP contribution in [-0.2, 0) is 0 Å². The fourth-order valence-electron chi connectivity index (χ4n) is 1.80. The summed E-state index contributed by atoms with van der Waals surface area (Å²) in [5.41, 5.74) is 1.71. The largest absolute Gasteiger partial charge is 0.383 e. The van der Waals surface area contributed by atoms with Gasteiger partial charge in [0.2, 0.25) is 0 Å². The van der Waals surface area contributed by atoms with Crippen molar-refractivity contribution < 1.29 is 13.9 Å². The summed E-state index contributed by atoms with van der Waals surface area (Å²) in [7, 11) is 0. The molecule has 2 aromatic rings. The molecule has 1 heterocycles. The molecule has 0 aliphatic heterocycles. The molecule has 18 heavy (non-hydrogen) atoms. The Morgan fingerprint density at radius 2 is 1.78 bits per heavy atom. The number of benzene rings is 1. The summed E-state index contributed by atoms with van der Waals surface area (Å²) in [6.07, 6.45) is 1.97. The van der Waals surface area contributed by atoms with E-state index in [1.54, 1.807) is 12.3 Å². The van der Waals surface area contributed by atoms with E-state index in [2.05, 4.69) is 4.98 Å². The fraction of sp³-hybridized carbons (Fsp3) is 0.214. The van der Waals surface area contributed by atoms with Gasteiger partial charge in [0.05, 0.1) is 0 Å². The van der Waals surface area contributed by atoms with Crippen molar-refractivity contribution in [2.24, 2.45) is 0 Å². The minimum absolute atomic E-state index is 0.0568. The van der Waals surface area contributed by atoms with Crippen LogP contribution in [0.4, 0.5) is 8.78 Å². The van der Waals surface area contributed by atoms with E-state index in [4.69, 9.17) is 0 Å². The summed E-state index contributed by atoms with van der Waals surface area (Å²) >= 11 is 0. The second-order valence-corrected chi connectivity index (χ2v) is 4.32. The van der Waals surface area contributed by atoms with Gasteiger partial charge in [0, 0.05) is 29.6 Å². The summed E-state index contributed by atoms with van der Waals surface area (Å²) in [6, 6.07) is 3.82. The van der Waals surface area contributed by atoms with E-state index in [1.807, 2.05) is 6.92 Å². The van der Waals surface area contributed by atoms with Crippen molar-refractivity contribution in [1.82, 2.24) is 4.98 Å². The zero-order valence-electron chi connectivity index (χ0n) is 10.1. The van der Waals surface area contributed by atoms with Crippen molar-refractivity contribution in [1.29, 1.82) is 0 Å². The van der Waals surface area contributed by atoms with Gasteiger partial charge < -0.3 is 5.11 Å². The van der Waals surface area contributed by atoms with Crippen molar-refractivity contribution in [3.05, 3.63) is 64.5 Å². The van der Waals surface area contributed by atoms with Gasteiger partial charge in [-0.1, -0.05) is 6.07 Å². The van der Waals surface area contributed by atoms with Crippen LogP contribution >= 0.6 is 0 Å². The van der Waals surface area contributed by atoms with Gasteiger partial charge in [-0.2, -0.15) is 0 Å². The number of rotatable bonds is 2. The summed E-state index contributed by atoms with van der Waals surface area (Å²) in [6.45, 7) is 3.36. The highest BCUT2D eigenvalue weighted by atomic mass is 19.1. The topological polar surface area (TPSA) is 33.1 Å². The lowest BCUT2D eigenvalue weighted by atomic mass is 9.99. The SMILES string of the molecule is Cc1cncc(C(O)c2cc(C)c(F)cc2F)c1. The number of nitrogens with zero attached hydrogens (tertiary/aromatic N) is 1. The Kier molecular flexibility index (Phi) is 3.39. The molecule has 1 aromatic carbocycles. The van der Waals surface area contributed by atoms with Gasteiger partial charge in [0.25, 0.3) is 0 Å². The van der Waals surface area contributed by atoms with Gasteiger partial charge >= 0.3 is 0 Å². The van der Waals surface area contributed by atoms with Gasteiger partial charge in [0.15, 0.2) is 0 Å². The fourth-order valence-corrected chi connectivity index (χ4v) is 1.80. The third-order valence-electron chi connectivity index (χ3n) is 2.78. The Morgan fingerprint density at radius 3 is 2.44 bits per heavy atom. The van der Waals surface area contributed by atoms with E-state index in [1.165, 1.54) is 19.2 Å². The van der Waals surface area contributed by atoms with E-state index in [0.717, 1.165) is 11.6 Å². The lowest BCUT2D eigenvalue weighted by Gasteiger charge is -2.13. The quantitative estimate of drug-likeness (QED) is 0.887. The lowest BCUT2D eigenvalue weighted by molar-refractivity contribution is 0.214. The average Bonchev–Trinajstić information content (AvgIpc) is 2.33. The molecule has 0 spiro atoms. The van der Waals surface area contributed by atoms with Crippen LogP contribution in [0.15, 0.2) is 30.6 Å². The molecule has 0 amide bonds. The van der Waals surface area contributed by atoms with E-state index in [9.17, 15) is 13.9 Å². The Morgan fingerprint density at radius 1 is 1.06 bits per heavy atom. The number of pyridine rings is 1. The third-order valence-corrected chi connectivity index (χ3v) is 2.78. The number of halogens is 2. The number of hydrogen-bond acceptors (Lipinski definition) is 2. The number of hydrogen-bond donors (Lipinski definition) is 1. The third kappa shape index (κ3) is 2.38. The van der Waals surface area contributed by atoms with E-state index >= 15 is 0 Å². The maximum absolute atomic E-state index is 13.6. The molecule has 1 N–H and O–H groups in total. The highest BCUT2D eigenvalue weighted by molar-refractivity contribution is 5.34. The first-order valence-electron chi connectivity index (χ1n) is 5.54. The monoisotopic (exact) mass is 249 g/mol. The minimum Gasteiger partial charge on any atom is -0.383 e. The van der Waals surface area contributed by atoms with Crippen molar-refractivity contribution in [2.75, 3.05) is 0 Å². The molecule has 0 saturated heterocycles. The van der Waals surface area contributed by atoms with Gasteiger partial charge in [-0.3, -0.25) is 4.98 Å². The van der Waals surface area contributed by atoms with Crippen molar-refractivity contribution >= 4 is 0 Å². The molecule has 94 valence electrons. The van der Waals surface area contributed by atoms with Crippen LogP contribution in [0, 0.1) is 25.5 Å². The first-order chi connectivity index (χ1) is 8.49. The van der Waals surface area contributed by atoms with Crippen molar-refractivity contribution in [2.45, 2.75) is 20.0 Å². The summed E-state index contributed by atoms with van der Waals surface area (Å²) in [4.78, 5) is 3.94. The maximum atomic E-state index is 13.6. The van der Waals surface area contributed by atoms with Crippen molar-refractivity contribution in [3.8, 4) is 0 Å². The van der Waals surface area contributed by atoms with Crippen LogP contribution in [0.25, 0.3) is 0 Å². The first kappa shape index (κ1) is 12.6. The molecular weight excluding hydrogens is 236 g/mol. The second-order valence-electron chi connectivity index (χ2n) is 4.32. The Hall–Kier alpha value is -1.81. The zero-order valence-corrected chi connectivity index (χ0v) is 10.1. The molecule has 4 heteroatoms. The van der Waals surface area contributed by atoms with E-state index in [-0.39, 0.29) is 5.56 Å². The highest BCUT2D eigenvalue weighted by Crippen LogP contribution is 2.26. The molecule has 0 saturated carbocycles. The Balaban J connectivity index is 2.46. The van der Waals surface area contributed by atoms with Gasteiger partial charge in [-0.15, -0.1) is 0 Å². The zero-order chi connectivity index (χ0) is 13.3. The second kappa shape index (κ2) is 4.82. The van der Waals surface area contributed by atoms with Crippen LogP contribution in [0.5, 0.6) is 0 Å². The Bertz CT molecular complexity index is 584. The van der Waals surface area contributed by atoms with E-state index in [0.29, 0.717) is 11.1 Å². The Labute approximate surface area is 104 Å². The molecule has 1 unspecified atom stereocenters. The summed E-state index contributed by atoms with van der Waals surface area (Å²) < 4.78 is 26.8. The molecule has 1 aromatic heterocycles. The predicted molar refractivity (Wildman–Crippen MR) is 64.1 cm³/mol. The number of aryl methyl sites for hydroxylation is 2. The molecule has 0 fully saturated rings. The normalized spacial score (nSPS) is 12.5. The van der Waals surface area contributed by atoms with Crippen LogP contribution in [0.1, 0.15) is 28.4 Å². The molecule has 0 aliphatic carbocycles. The van der Waals surface area contributed by atoms with Crippen molar-refractivity contribution in [3.63, 3.8) is 0 Å². The minimum atomic E-state index is -1.14. The molecule has 2 nitrogen and oxygen atoms in total. The molecule has 2 rings (SSSR count). The van der Waals surface area contributed by atoms with Gasteiger partial charge in [0.1, 0.15) is 17.7 Å². The van der Waals surface area contributed by atoms with Crippen LogP contribution in [0.3, 0.4) is 0 Å².